The lowest BCUT2D eigenvalue weighted by Crippen LogP contribution is -2.30. The Labute approximate surface area is 116 Å². The molecule has 1 aromatic carbocycles. The van der Waals surface area contributed by atoms with E-state index in [-0.39, 0.29) is 6.54 Å². The summed E-state index contributed by atoms with van der Waals surface area (Å²) in [6.45, 7) is 3.94. The van der Waals surface area contributed by atoms with Crippen molar-refractivity contribution in [1.82, 2.24) is 9.97 Å². The van der Waals surface area contributed by atoms with Crippen molar-refractivity contribution >= 4 is 17.4 Å². The first-order valence-electron chi connectivity index (χ1n) is 6.32. The van der Waals surface area contributed by atoms with Gasteiger partial charge in [0.05, 0.1) is 17.8 Å². The van der Waals surface area contributed by atoms with Gasteiger partial charge in [0.2, 0.25) is 0 Å². The summed E-state index contributed by atoms with van der Waals surface area (Å²) < 4.78 is 0. The van der Waals surface area contributed by atoms with Gasteiger partial charge in [-0.2, -0.15) is 0 Å². The maximum Gasteiger partial charge on any atom is 0.299 e. The number of hydrogen-bond acceptors (Lipinski definition) is 4. The summed E-state index contributed by atoms with van der Waals surface area (Å²) in [5, 5.41) is 0. The van der Waals surface area contributed by atoms with Crippen molar-refractivity contribution in [3.8, 4) is 0 Å². The van der Waals surface area contributed by atoms with Crippen LogP contribution in [0.2, 0.25) is 0 Å². The first-order chi connectivity index (χ1) is 9.59. The Morgan fingerprint density at radius 1 is 1.05 bits per heavy atom. The minimum absolute atomic E-state index is 0.211. The summed E-state index contributed by atoms with van der Waals surface area (Å²) in [4.78, 5) is 34.0. The van der Waals surface area contributed by atoms with Crippen molar-refractivity contribution < 1.29 is 9.59 Å². The van der Waals surface area contributed by atoms with E-state index in [1.54, 1.807) is 18.5 Å². The fourth-order valence-electron chi connectivity index (χ4n) is 2.47. The number of anilines is 1. The lowest BCUT2D eigenvalue weighted by Gasteiger charge is -2.17. The molecule has 0 bridgehead atoms. The fraction of sp³-hybridized carbons (Fsp3) is 0.200. The molecular formula is C15H13N3O2. The molecular weight excluding hydrogens is 254 g/mol. The van der Waals surface area contributed by atoms with Crippen LogP contribution in [0.4, 0.5) is 5.69 Å². The number of aryl methyl sites for hydroxylation is 2. The predicted molar refractivity (Wildman–Crippen MR) is 73.5 cm³/mol. The molecule has 2 aromatic rings. The van der Waals surface area contributed by atoms with Crippen molar-refractivity contribution in [3.05, 3.63) is 53.1 Å². The topological polar surface area (TPSA) is 63.2 Å². The molecule has 0 saturated heterocycles. The normalized spacial score (nSPS) is 13.8. The van der Waals surface area contributed by atoms with Crippen LogP contribution in [-0.4, -0.2) is 21.7 Å². The van der Waals surface area contributed by atoms with Crippen molar-refractivity contribution in [2.45, 2.75) is 20.4 Å². The van der Waals surface area contributed by atoms with Gasteiger partial charge in [-0.3, -0.25) is 14.5 Å². The molecule has 0 N–H and O–H groups in total. The molecule has 5 heteroatoms. The van der Waals surface area contributed by atoms with Gasteiger partial charge < -0.3 is 0 Å². The van der Waals surface area contributed by atoms with Crippen LogP contribution in [0.3, 0.4) is 0 Å². The van der Waals surface area contributed by atoms with Crippen LogP contribution in [0.1, 0.15) is 27.3 Å². The number of Topliss-reactive ketones (excluding diaryl/α,β-unsaturated/α-hetero) is 1. The average molecular weight is 267 g/mol. The van der Waals surface area contributed by atoms with Crippen molar-refractivity contribution in [2.75, 3.05) is 4.90 Å². The van der Waals surface area contributed by atoms with Crippen LogP contribution in [0.15, 0.2) is 30.6 Å². The molecule has 0 aliphatic carbocycles. The number of ketones is 1. The molecule has 0 saturated carbocycles. The third-order valence-electron chi connectivity index (χ3n) is 3.44. The Balaban J connectivity index is 2.09. The molecule has 1 amide bonds. The fourth-order valence-corrected chi connectivity index (χ4v) is 2.47. The minimum atomic E-state index is -0.509. The maximum atomic E-state index is 12.2. The van der Waals surface area contributed by atoms with Crippen molar-refractivity contribution in [3.63, 3.8) is 0 Å². The third-order valence-corrected chi connectivity index (χ3v) is 3.44. The molecule has 0 fully saturated rings. The number of fused-ring (bicyclic) bond motifs is 1. The third kappa shape index (κ3) is 1.79. The molecule has 3 rings (SSSR count). The first kappa shape index (κ1) is 12.5. The number of carbonyl (C=O) groups excluding carboxylic acids is 2. The molecule has 0 atom stereocenters. The molecule has 20 heavy (non-hydrogen) atoms. The first-order valence-corrected chi connectivity index (χ1v) is 6.32. The molecule has 1 aromatic heterocycles. The Morgan fingerprint density at radius 3 is 2.40 bits per heavy atom. The summed E-state index contributed by atoms with van der Waals surface area (Å²) in [7, 11) is 0. The summed E-state index contributed by atoms with van der Waals surface area (Å²) in [5.41, 5.74) is 2.92. The largest absolute Gasteiger partial charge is 0.299 e. The van der Waals surface area contributed by atoms with Crippen LogP contribution in [0, 0.1) is 13.8 Å². The summed E-state index contributed by atoms with van der Waals surface area (Å²) in [6, 6.07) is 5.49. The number of benzene rings is 1. The van der Waals surface area contributed by atoms with E-state index in [9.17, 15) is 9.59 Å². The summed E-state index contributed by atoms with van der Waals surface area (Å²) in [5.74, 6) is -0.440. The predicted octanol–water partition coefficient (Wildman–Crippen LogP) is 1.82. The minimum Gasteiger partial charge on any atom is -0.297 e. The number of nitrogens with zero attached hydrogens (tertiary/aromatic N) is 3. The average Bonchev–Trinajstić information content (AvgIpc) is 2.70. The van der Waals surface area contributed by atoms with E-state index in [0.717, 1.165) is 11.1 Å². The molecule has 1 aliphatic heterocycles. The number of hydrogen-bond donors (Lipinski definition) is 0. The van der Waals surface area contributed by atoms with Gasteiger partial charge in [0.25, 0.3) is 11.7 Å². The van der Waals surface area contributed by atoms with Crippen LogP contribution >= 0.6 is 0 Å². The highest BCUT2D eigenvalue weighted by molar-refractivity contribution is 6.52. The van der Waals surface area contributed by atoms with Crippen molar-refractivity contribution in [2.24, 2.45) is 0 Å². The number of amides is 1. The standard InChI is InChI=1S/C15H13N3O2/c1-9-4-5-10(2)13-12(9)14(19)15(20)18(13)8-11-16-6-3-7-17-11/h3-7H,8H2,1-2H3. The summed E-state index contributed by atoms with van der Waals surface area (Å²) in [6.07, 6.45) is 3.24. The number of carbonyl (C=O) groups is 2. The molecule has 2 heterocycles. The second-order valence-corrected chi connectivity index (χ2v) is 4.81. The molecule has 1 aliphatic rings. The molecule has 0 unspecified atom stereocenters. The summed E-state index contributed by atoms with van der Waals surface area (Å²) >= 11 is 0. The molecule has 0 spiro atoms. The van der Waals surface area contributed by atoms with Crippen LogP contribution < -0.4 is 4.90 Å². The van der Waals surface area contributed by atoms with E-state index in [1.165, 1.54) is 4.90 Å². The molecule has 5 nitrogen and oxygen atoms in total. The van der Waals surface area contributed by atoms with Gasteiger partial charge in [-0.15, -0.1) is 0 Å². The highest BCUT2D eigenvalue weighted by Crippen LogP contribution is 2.35. The van der Waals surface area contributed by atoms with E-state index in [4.69, 9.17) is 0 Å². The monoisotopic (exact) mass is 267 g/mol. The van der Waals surface area contributed by atoms with E-state index < -0.39 is 11.7 Å². The van der Waals surface area contributed by atoms with Gasteiger partial charge in [-0.1, -0.05) is 12.1 Å². The zero-order chi connectivity index (χ0) is 14.3. The number of rotatable bonds is 2. The zero-order valence-corrected chi connectivity index (χ0v) is 11.3. The van der Waals surface area contributed by atoms with Gasteiger partial charge in [0.15, 0.2) is 0 Å². The Bertz CT molecular complexity index is 711. The van der Waals surface area contributed by atoms with Crippen LogP contribution in [-0.2, 0) is 11.3 Å². The highest BCUT2D eigenvalue weighted by Gasteiger charge is 2.38. The Hall–Kier alpha value is -2.56. The van der Waals surface area contributed by atoms with Crippen LogP contribution in [0.5, 0.6) is 0 Å². The quantitative estimate of drug-likeness (QED) is 0.779. The van der Waals surface area contributed by atoms with Gasteiger partial charge in [0, 0.05) is 12.4 Å². The van der Waals surface area contributed by atoms with Gasteiger partial charge in [-0.25, -0.2) is 9.97 Å². The second kappa shape index (κ2) is 4.52. The Morgan fingerprint density at radius 2 is 1.70 bits per heavy atom. The molecule has 0 radical (unpaired) electrons. The smallest absolute Gasteiger partial charge is 0.297 e. The lowest BCUT2D eigenvalue weighted by molar-refractivity contribution is -0.114. The lowest BCUT2D eigenvalue weighted by atomic mass is 10.0. The van der Waals surface area contributed by atoms with Gasteiger partial charge >= 0.3 is 0 Å². The highest BCUT2D eigenvalue weighted by atomic mass is 16.2. The zero-order valence-electron chi connectivity index (χ0n) is 11.3. The SMILES string of the molecule is Cc1ccc(C)c2c1C(=O)C(=O)N2Cc1ncccn1. The Kier molecular flexibility index (Phi) is 2.82. The number of aromatic nitrogens is 2. The van der Waals surface area contributed by atoms with E-state index >= 15 is 0 Å². The molecule has 100 valence electrons. The van der Waals surface area contributed by atoms with E-state index in [0.29, 0.717) is 17.1 Å². The van der Waals surface area contributed by atoms with Gasteiger partial charge in [-0.05, 0) is 31.0 Å². The van der Waals surface area contributed by atoms with Gasteiger partial charge in [0.1, 0.15) is 5.82 Å². The van der Waals surface area contributed by atoms with E-state index in [1.807, 2.05) is 26.0 Å². The second-order valence-electron chi connectivity index (χ2n) is 4.81. The van der Waals surface area contributed by atoms with Crippen molar-refractivity contribution in [1.29, 1.82) is 0 Å². The maximum absolute atomic E-state index is 12.2. The van der Waals surface area contributed by atoms with E-state index in [2.05, 4.69) is 9.97 Å². The van der Waals surface area contributed by atoms with Crippen LogP contribution in [0.25, 0.3) is 0 Å².